The number of nitrogens with one attached hydrogen (secondary N) is 1. The number of thioether (sulfide) groups is 1. The maximum atomic E-state index is 12.7. The van der Waals surface area contributed by atoms with E-state index in [-0.39, 0.29) is 17.2 Å². The van der Waals surface area contributed by atoms with Crippen LogP contribution in [0.25, 0.3) is 10.9 Å². The van der Waals surface area contributed by atoms with E-state index in [0.717, 1.165) is 4.47 Å². The van der Waals surface area contributed by atoms with Crippen molar-refractivity contribution in [3.05, 3.63) is 70.1 Å². The maximum absolute atomic E-state index is 12.7. The molecule has 132 valence electrons. The summed E-state index contributed by atoms with van der Waals surface area (Å²) in [6, 6.07) is 10.6. The summed E-state index contributed by atoms with van der Waals surface area (Å²) in [5.74, 6) is 0.353. The first-order valence-corrected chi connectivity index (χ1v) is 9.51. The molecule has 8 heteroatoms. The number of para-hydroxylation sites is 1. The van der Waals surface area contributed by atoms with E-state index in [0.29, 0.717) is 28.4 Å². The second-order valence-corrected chi connectivity index (χ2v) is 7.17. The molecule has 2 heterocycles. The van der Waals surface area contributed by atoms with Gasteiger partial charge in [-0.05, 0) is 40.2 Å². The topological polar surface area (TPSA) is 76.9 Å². The lowest BCUT2D eigenvalue weighted by atomic mass is 10.2. The van der Waals surface area contributed by atoms with E-state index in [1.165, 1.54) is 16.3 Å². The summed E-state index contributed by atoms with van der Waals surface area (Å²) in [7, 11) is 0. The van der Waals surface area contributed by atoms with Gasteiger partial charge < -0.3 is 5.32 Å². The molecule has 0 atom stereocenters. The summed E-state index contributed by atoms with van der Waals surface area (Å²) in [5.41, 5.74) is 0.461. The van der Waals surface area contributed by atoms with Crippen molar-refractivity contribution in [3.63, 3.8) is 0 Å². The van der Waals surface area contributed by atoms with Gasteiger partial charge in [-0.3, -0.25) is 14.2 Å². The van der Waals surface area contributed by atoms with Crippen molar-refractivity contribution >= 4 is 50.3 Å². The van der Waals surface area contributed by atoms with E-state index in [9.17, 15) is 9.59 Å². The van der Waals surface area contributed by atoms with Gasteiger partial charge in [0.05, 0.1) is 16.7 Å². The molecule has 0 bridgehead atoms. The van der Waals surface area contributed by atoms with Crippen LogP contribution in [0.4, 0.5) is 5.82 Å². The Kier molecular flexibility index (Phi) is 5.85. The third-order valence-corrected chi connectivity index (χ3v) is 4.91. The quantitative estimate of drug-likeness (QED) is 0.368. The first-order valence-electron chi connectivity index (χ1n) is 7.73. The van der Waals surface area contributed by atoms with Gasteiger partial charge in [-0.2, -0.15) is 0 Å². The summed E-state index contributed by atoms with van der Waals surface area (Å²) in [6.07, 6.45) is 3.24. The van der Waals surface area contributed by atoms with Gasteiger partial charge in [0, 0.05) is 17.2 Å². The Morgan fingerprint density at radius 2 is 2.12 bits per heavy atom. The fourth-order valence-electron chi connectivity index (χ4n) is 2.31. The van der Waals surface area contributed by atoms with Crippen molar-refractivity contribution in [2.75, 3.05) is 11.1 Å². The van der Waals surface area contributed by atoms with E-state index in [2.05, 4.69) is 37.8 Å². The molecule has 0 unspecified atom stereocenters. The second-order valence-electron chi connectivity index (χ2n) is 5.31. The molecule has 6 nitrogen and oxygen atoms in total. The highest BCUT2D eigenvalue weighted by atomic mass is 79.9. The minimum absolute atomic E-state index is 0.111. The Bertz CT molecular complexity index is 1020. The van der Waals surface area contributed by atoms with Crippen LogP contribution in [-0.4, -0.2) is 26.2 Å². The van der Waals surface area contributed by atoms with Crippen LogP contribution >= 0.6 is 27.7 Å². The van der Waals surface area contributed by atoms with Crippen LogP contribution < -0.4 is 10.9 Å². The number of hydrogen-bond acceptors (Lipinski definition) is 5. The van der Waals surface area contributed by atoms with Crippen molar-refractivity contribution < 1.29 is 4.79 Å². The summed E-state index contributed by atoms with van der Waals surface area (Å²) in [6.45, 7) is 4.02. The van der Waals surface area contributed by atoms with Crippen LogP contribution in [0.5, 0.6) is 0 Å². The zero-order valence-corrected chi connectivity index (χ0v) is 16.1. The molecule has 1 amide bonds. The van der Waals surface area contributed by atoms with E-state index in [4.69, 9.17) is 0 Å². The van der Waals surface area contributed by atoms with Gasteiger partial charge in [-0.25, -0.2) is 9.97 Å². The SMILES string of the molecule is C=CCn1c(SCC(=O)Nc2ccc(Br)cn2)nc2ccccc2c1=O. The standard InChI is InChI=1S/C18H15BrN4O2S/c1-2-9-23-17(25)13-5-3-4-6-14(13)21-18(23)26-11-16(24)22-15-8-7-12(19)10-20-15/h2-8,10H,1,9,11H2,(H,20,22,24). The Labute approximate surface area is 162 Å². The lowest BCUT2D eigenvalue weighted by Gasteiger charge is -2.11. The fourth-order valence-corrected chi connectivity index (χ4v) is 3.35. The number of rotatable bonds is 6. The number of carbonyl (C=O) groups excluding carboxylic acids is 1. The zero-order valence-electron chi connectivity index (χ0n) is 13.7. The van der Waals surface area contributed by atoms with Crippen molar-refractivity contribution in [1.29, 1.82) is 0 Å². The van der Waals surface area contributed by atoms with E-state index in [1.807, 2.05) is 6.07 Å². The van der Waals surface area contributed by atoms with Crippen LogP contribution in [0, 0.1) is 0 Å². The van der Waals surface area contributed by atoms with Crippen molar-refractivity contribution in [2.45, 2.75) is 11.7 Å². The Hall–Kier alpha value is -2.45. The van der Waals surface area contributed by atoms with Crippen molar-refractivity contribution in [3.8, 4) is 0 Å². The highest BCUT2D eigenvalue weighted by molar-refractivity contribution is 9.10. The zero-order chi connectivity index (χ0) is 18.5. The predicted octanol–water partition coefficient (Wildman–Crippen LogP) is 3.47. The maximum Gasteiger partial charge on any atom is 0.262 e. The van der Waals surface area contributed by atoms with Gasteiger partial charge in [0.25, 0.3) is 5.56 Å². The molecule has 3 rings (SSSR count). The number of allylic oxidation sites excluding steroid dienone is 1. The van der Waals surface area contributed by atoms with Crippen LogP contribution in [-0.2, 0) is 11.3 Å². The van der Waals surface area contributed by atoms with Crippen molar-refractivity contribution in [1.82, 2.24) is 14.5 Å². The van der Waals surface area contributed by atoms with Gasteiger partial charge in [0.2, 0.25) is 5.91 Å². The van der Waals surface area contributed by atoms with Crippen LogP contribution in [0.2, 0.25) is 0 Å². The summed E-state index contributed by atoms with van der Waals surface area (Å²) < 4.78 is 2.35. The summed E-state index contributed by atoms with van der Waals surface area (Å²) in [4.78, 5) is 33.4. The van der Waals surface area contributed by atoms with Crippen molar-refractivity contribution in [2.24, 2.45) is 0 Å². The van der Waals surface area contributed by atoms with E-state index < -0.39 is 0 Å². The summed E-state index contributed by atoms with van der Waals surface area (Å²) >= 11 is 4.50. The van der Waals surface area contributed by atoms with Gasteiger partial charge in [0.15, 0.2) is 5.16 Å². The number of anilines is 1. The molecule has 0 aliphatic rings. The third-order valence-electron chi connectivity index (χ3n) is 3.47. The Balaban J connectivity index is 1.80. The number of benzene rings is 1. The first kappa shape index (κ1) is 18.3. The molecule has 1 N–H and O–H groups in total. The largest absolute Gasteiger partial charge is 0.310 e. The Morgan fingerprint density at radius 3 is 2.85 bits per heavy atom. The highest BCUT2D eigenvalue weighted by Gasteiger charge is 2.12. The average Bonchev–Trinajstić information content (AvgIpc) is 2.64. The number of pyridine rings is 1. The number of halogens is 1. The fraction of sp³-hybridized carbons (Fsp3) is 0.111. The number of hydrogen-bond donors (Lipinski definition) is 1. The molecule has 0 radical (unpaired) electrons. The number of fused-ring (bicyclic) bond motifs is 1. The molecule has 0 aliphatic carbocycles. The third kappa shape index (κ3) is 4.20. The molecule has 3 aromatic rings. The van der Waals surface area contributed by atoms with Gasteiger partial charge in [0.1, 0.15) is 5.82 Å². The number of aromatic nitrogens is 3. The van der Waals surface area contributed by atoms with Crippen LogP contribution in [0.1, 0.15) is 0 Å². The van der Waals surface area contributed by atoms with Gasteiger partial charge in [-0.1, -0.05) is 30.0 Å². The van der Waals surface area contributed by atoms with Crippen LogP contribution in [0.3, 0.4) is 0 Å². The minimum Gasteiger partial charge on any atom is -0.310 e. The van der Waals surface area contributed by atoms with Crippen LogP contribution in [0.15, 0.2) is 69.7 Å². The number of amides is 1. The first-order chi connectivity index (χ1) is 12.6. The lowest BCUT2D eigenvalue weighted by molar-refractivity contribution is -0.113. The average molecular weight is 431 g/mol. The molecule has 0 fully saturated rings. The monoisotopic (exact) mass is 430 g/mol. The van der Waals surface area contributed by atoms with Gasteiger partial charge >= 0.3 is 0 Å². The lowest BCUT2D eigenvalue weighted by Crippen LogP contribution is -2.23. The highest BCUT2D eigenvalue weighted by Crippen LogP contribution is 2.18. The molecule has 0 saturated heterocycles. The molecule has 0 spiro atoms. The smallest absolute Gasteiger partial charge is 0.262 e. The second kappa shape index (κ2) is 8.29. The van der Waals surface area contributed by atoms with Gasteiger partial charge in [-0.15, -0.1) is 6.58 Å². The van der Waals surface area contributed by atoms with E-state index >= 15 is 0 Å². The molecule has 26 heavy (non-hydrogen) atoms. The predicted molar refractivity (Wildman–Crippen MR) is 107 cm³/mol. The minimum atomic E-state index is -0.225. The summed E-state index contributed by atoms with van der Waals surface area (Å²) in [5, 5.41) is 3.74. The molecular weight excluding hydrogens is 416 g/mol. The Morgan fingerprint density at radius 1 is 1.31 bits per heavy atom. The number of carbonyl (C=O) groups is 1. The molecule has 0 aliphatic heterocycles. The normalized spacial score (nSPS) is 10.7. The number of nitrogens with zero attached hydrogens (tertiary/aromatic N) is 3. The molecule has 1 aromatic carbocycles. The molecular formula is C18H15BrN4O2S. The molecule has 0 saturated carbocycles. The molecule has 2 aromatic heterocycles. The van der Waals surface area contributed by atoms with E-state index in [1.54, 1.807) is 42.6 Å².